The van der Waals surface area contributed by atoms with Crippen molar-refractivity contribution in [1.82, 2.24) is 4.90 Å². The number of phenolic OH excluding ortho intramolecular Hbond substituents is 1. The van der Waals surface area contributed by atoms with E-state index in [4.69, 9.17) is 14.2 Å². The summed E-state index contributed by atoms with van der Waals surface area (Å²) in [6, 6.07) is 16.2. The fraction of sp³-hybridized carbons (Fsp3) is 0.267. The quantitative estimate of drug-likeness (QED) is 0.266. The number of methoxy groups -OCH3 is 1. The number of aliphatic hydroxyl groups is 1. The van der Waals surface area contributed by atoms with Gasteiger partial charge in [0.15, 0.2) is 11.5 Å². The van der Waals surface area contributed by atoms with Crippen LogP contribution in [0.25, 0.3) is 5.76 Å². The van der Waals surface area contributed by atoms with Crippen LogP contribution < -0.4 is 14.2 Å². The highest BCUT2D eigenvalue weighted by Crippen LogP contribution is 2.43. The predicted octanol–water partition coefficient (Wildman–Crippen LogP) is 4.74. The topological polar surface area (TPSA) is 106 Å². The number of ketones is 1. The lowest BCUT2D eigenvalue weighted by atomic mass is 9.94. The number of fused-ring (bicyclic) bond motifs is 1. The molecule has 0 saturated carbocycles. The third kappa shape index (κ3) is 4.42. The summed E-state index contributed by atoms with van der Waals surface area (Å²) in [5, 5.41) is 21.8. The molecule has 5 rings (SSSR count). The van der Waals surface area contributed by atoms with E-state index < -0.39 is 17.7 Å². The van der Waals surface area contributed by atoms with Crippen LogP contribution in [-0.4, -0.2) is 46.6 Å². The van der Waals surface area contributed by atoms with Gasteiger partial charge < -0.3 is 29.3 Å². The van der Waals surface area contributed by atoms with Crippen molar-refractivity contribution in [2.24, 2.45) is 0 Å². The third-order valence-electron chi connectivity index (χ3n) is 6.84. The van der Waals surface area contributed by atoms with Gasteiger partial charge in [0.05, 0.1) is 31.9 Å². The van der Waals surface area contributed by atoms with Gasteiger partial charge in [0.25, 0.3) is 11.7 Å². The number of aromatic hydroxyl groups is 1. The van der Waals surface area contributed by atoms with Crippen molar-refractivity contribution in [2.45, 2.75) is 39.0 Å². The number of benzene rings is 3. The standard InChI is InChI=1S/C30H29NO7/c1-4-37-25-15-18(9-11-22(25)32)27-26(28(33)19-10-12-24-21(14-19)13-17(2)38-24)29(34)30(35)31(27)16-20-7-5-6-8-23(20)36-3/h5-12,14-15,17,27,32-33H,4,13,16H2,1-3H3/b28-26+. The van der Waals surface area contributed by atoms with Crippen LogP contribution in [-0.2, 0) is 22.6 Å². The van der Waals surface area contributed by atoms with Gasteiger partial charge in [-0.1, -0.05) is 24.3 Å². The van der Waals surface area contributed by atoms with E-state index in [9.17, 15) is 19.8 Å². The molecular weight excluding hydrogens is 486 g/mol. The number of ether oxygens (including phenoxy) is 3. The van der Waals surface area contributed by atoms with Crippen molar-refractivity contribution in [3.63, 3.8) is 0 Å². The minimum absolute atomic E-state index is 0.0165. The summed E-state index contributed by atoms with van der Waals surface area (Å²) < 4.78 is 16.8. The zero-order valence-corrected chi connectivity index (χ0v) is 21.4. The normalized spacial score (nSPS) is 19.8. The van der Waals surface area contributed by atoms with E-state index in [2.05, 4.69) is 0 Å². The number of carbonyl (C=O) groups is 2. The Labute approximate surface area is 220 Å². The molecule has 2 aliphatic rings. The first-order valence-electron chi connectivity index (χ1n) is 12.5. The van der Waals surface area contributed by atoms with Crippen LogP contribution in [0.2, 0.25) is 0 Å². The van der Waals surface area contributed by atoms with Crippen LogP contribution in [0.5, 0.6) is 23.0 Å². The average Bonchev–Trinajstić information content (AvgIpc) is 3.41. The van der Waals surface area contributed by atoms with Crippen molar-refractivity contribution in [3.05, 3.63) is 88.5 Å². The molecule has 8 heteroatoms. The number of carbonyl (C=O) groups excluding carboxylic acids is 2. The number of rotatable bonds is 7. The zero-order valence-electron chi connectivity index (χ0n) is 21.4. The highest BCUT2D eigenvalue weighted by Gasteiger charge is 2.46. The van der Waals surface area contributed by atoms with Gasteiger partial charge in [-0.05, 0) is 61.4 Å². The number of para-hydroxylation sites is 1. The largest absolute Gasteiger partial charge is 0.507 e. The molecule has 1 saturated heterocycles. The molecule has 2 heterocycles. The molecule has 38 heavy (non-hydrogen) atoms. The van der Waals surface area contributed by atoms with E-state index >= 15 is 0 Å². The molecule has 1 amide bonds. The number of Topliss-reactive ketones (excluding diaryl/α,β-unsaturated/α-hetero) is 1. The van der Waals surface area contributed by atoms with Gasteiger partial charge in [-0.15, -0.1) is 0 Å². The van der Waals surface area contributed by atoms with Gasteiger partial charge in [-0.2, -0.15) is 0 Å². The molecule has 1 fully saturated rings. The van der Waals surface area contributed by atoms with Crippen LogP contribution in [0.15, 0.2) is 66.2 Å². The van der Waals surface area contributed by atoms with E-state index in [0.717, 1.165) is 11.3 Å². The SMILES string of the molecule is CCOc1cc(C2/C(=C(\O)c3ccc4c(c3)CC(C)O4)C(=O)C(=O)N2Cc2ccccc2OC)ccc1O. The Morgan fingerprint density at radius 3 is 2.63 bits per heavy atom. The second-order valence-corrected chi connectivity index (χ2v) is 9.35. The third-order valence-corrected chi connectivity index (χ3v) is 6.84. The number of hydrogen-bond acceptors (Lipinski definition) is 7. The van der Waals surface area contributed by atoms with Crippen molar-refractivity contribution in [2.75, 3.05) is 13.7 Å². The van der Waals surface area contributed by atoms with Gasteiger partial charge >= 0.3 is 0 Å². The zero-order chi connectivity index (χ0) is 27.0. The number of hydrogen-bond donors (Lipinski definition) is 2. The number of phenols is 1. The molecule has 0 aliphatic carbocycles. The predicted molar refractivity (Wildman–Crippen MR) is 140 cm³/mol. The Morgan fingerprint density at radius 1 is 1.08 bits per heavy atom. The number of likely N-dealkylation sites (tertiary alicyclic amines) is 1. The highest BCUT2D eigenvalue weighted by atomic mass is 16.5. The number of amides is 1. The molecular formula is C30H29NO7. The Kier molecular flexibility index (Phi) is 6.72. The first kappa shape index (κ1) is 25.2. The number of aliphatic hydroxyl groups excluding tert-OH is 1. The fourth-order valence-electron chi connectivity index (χ4n) is 5.10. The second-order valence-electron chi connectivity index (χ2n) is 9.35. The van der Waals surface area contributed by atoms with Gasteiger partial charge in [0, 0.05) is 17.5 Å². The Hall–Kier alpha value is -4.46. The molecule has 8 nitrogen and oxygen atoms in total. The molecule has 2 atom stereocenters. The van der Waals surface area contributed by atoms with Crippen molar-refractivity contribution in [1.29, 1.82) is 0 Å². The lowest BCUT2D eigenvalue weighted by Gasteiger charge is -2.26. The molecule has 2 unspecified atom stereocenters. The van der Waals surface area contributed by atoms with Crippen LogP contribution in [0.1, 0.15) is 42.1 Å². The fourth-order valence-corrected chi connectivity index (χ4v) is 5.10. The van der Waals surface area contributed by atoms with Crippen LogP contribution in [0.3, 0.4) is 0 Å². The Bertz CT molecular complexity index is 1440. The molecule has 0 aromatic heterocycles. The lowest BCUT2D eigenvalue weighted by Crippen LogP contribution is -2.29. The van der Waals surface area contributed by atoms with Crippen molar-refractivity contribution in [3.8, 4) is 23.0 Å². The highest BCUT2D eigenvalue weighted by molar-refractivity contribution is 6.46. The van der Waals surface area contributed by atoms with Gasteiger partial charge in [0.1, 0.15) is 23.4 Å². The molecule has 2 N–H and O–H groups in total. The second kappa shape index (κ2) is 10.1. The maximum absolute atomic E-state index is 13.5. The summed E-state index contributed by atoms with van der Waals surface area (Å²) in [4.78, 5) is 28.3. The molecule has 3 aromatic rings. The van der Waals surface area contributed by atoms with Crippen molar-refractivity contribution < 1.29 is 34.0 Å². The summed E-state index contributed by atoms with van der Waals surface area (Å²) in [6.45, 7) is 4.13. The van der Waals surface area contributed by atoms with Crippen LogP contribution in [0.4, 0.5) is 0 Å². The molecule has 196 valence electrons. The summed E-state index contributed by atoms with van der Waals surface area (Å²) in [5.74, 6) is -0.347. The van der Waals surface area contributed by atoms with E-state index in [-0.39, 0.29) is 35.5 Å². The molecule has 0 bridgehead atoms. The first-order chi connectivity index (χ1) is 18.3. The number of nitrogens with zero attached hydrogens (tertiary/aromatic N) is 1. The molecule has 3 aromatic carbocycles. The molecule has 0 radical (unpaired) electrons. The molecule has 0 spiro atoms. The van der Waals surface area contributed by atoms with E-state index in [1.54, 1.807) is 43.3 Å². The summed E-state index contributed by atoms with van der Waals surface area (Å²) in [6.07, 6.45) is 0.695. The average molecular weight is 516 g/mol. The summed E-state index contributed by atoms with van der Waals surface area (Å²) in [7, 11) is 1.54. The first-order valence-corrected chi connectivity index (χ1v) is 12.5. The van der Waals surface area contributed by atoms with Crippen LogP contribution >= 0.6 is 0 Å². The Balaban J connectivity index is 1.66. The van der Waals surface area contributed by atoms with E-state index in [1.165, 1.54) is 18.1 Å². The monoisotopic (exact) mass is 515 g/mol. The van der Waals surface area contributed by atoms with Gasteiger partial charge in [0.2, 0.25) is 0 Å². The van der Waals surface area contributed by atoms with E-state index in [1.807, 2.05) is 25.1 Å². The maximum Gasteiger partial charge on any atom is 0.295 e. The van der Waals surface area contributed by atoms with Crippen LogP contribution in [0, 0.1) is 0 Å². The van der Waals surface area contributed by atoms with Gasteiger partial charge in [-0.25, -0.2) is 0 Å². The maximum atomic E-state index is 13.5. The minimum atomic E-state index is -0.928. The van der Waals surface area contributed by atoms with Gasteiger partial charge in [-0.3, -0.25) is 9.59 Å². The van der Waals surface area contributed by atoms with Crippen molar-refractivity contribution >= 4 is 17.4 Å². The molecule has 2 aliphatic heterocycles. The smallest absolute Gasteiger partial charge is 0.295 e. The summed E-state index contributed by atoms with van der Waals surface area (Å²) >= 11 is 0. The minimum Gasteiger partial charge on any atom is -0.507 e. The lowest BCUT2D eigenvalue weighted by molar-refractivity contribution is -0.140. The Morgan fingerprint density at radius 2 is 1.87 bits per heavy atom. The summed E-state index contributed by atoms with van der Waals surface area (Å²) in [5.41, 5.74) is 2.52. The van der Waals surface area contributed by atoms with E-state index in [0.29, 0.717) is 35.5 Å².